The molecule has 0 saturated carbocycles. The lowest BCUT2D eigenvalue weighted by Crippen LogP contribution is -2.31. The van der Waals surface area contributed by atoms with Crippen molar-refractivity contribution in [2.45, 2.75) is 20.3 Å². The predicted octanol–water partition coefficient (Wildman–Crippen LogP) is 3.51. The van der Waals surface area contributed by atoms with Crippen molar-refractivity contribution in [2.24, 2.45) is 0 Å². The average molecular weight is 305 g/mol. The number of benzene rings is 1. The quantitative estimate of drug-likeness (QED) is 0.833. The molecule has 1 amide bonds. The smallest absolute Gasteiger partial charge is 0.227 e. The third-order valence-corrected chi connectivity index (χ3v) is 3.97. The molecule has 0 radical (unpaired) electrons. The number of rotatable bonds is 4. The van der Waals surface area contributed by atoms with Crippen LogP contribution in [-0.2, 0) is 11.2 Å². The maximum atomic E-state index is 11.9. The number of hydrogen-bond donors (Lipinski definition) is 0. The first-order valence-electron chi connectivity index (χ1n) is 5.30. The van der Waals surface area contributed by atoms with Crippen LogP contribution in [0.1, 0.15) is 19.4 Å². The molecular weight excluding hydrogens is 289 g/mol. The van der Waals surface area contributed by atoms with Crippen molar-refractivity contribution in [3.8, 4) is 0 Å². The number of nitrogens with zero attached hydrogens (tertiary/aromatic N) is 1. The first-order chi connectivity index (χ1) is 7.60. The molecule has 0 fully saturated rings. The SMILES string of the molecule is CCN(CC)C(=O)Cc1cccc(Cl)c1Br. The molecule has 0 unspecified atom stereocenters. The Bertz CT molecular complexity index is 377. The zero-order valence-electron chi connectivity index (χ0n) is 9.46. The van der Waals surface area contributed by atoms with Crippen LogP contribution < -0.4 is 0 Å². The molecule has 0 saturated heterocycles. The summed E-state index contributed by atoms with van der Waals surface area (Å²) in [5, 5.41) is 0.643. The van der Waals surface area contributed by atoms with Crippen molar-refractivity contribution in [2.75, 3.05) is 13.1 Å². The van der Waals surface area contributed by atoms with Crippen LogP contribution in [0.3, 0.4) is 0 Å². The van der Waals surface area contributed by atoms with Crippen molar-refractivity contribution in [3.63, 3.8) is 0 Å². The minimum atomic E-state index is 0.132. The Balaban J connectivity index is 2.80. The van der Waals surface area contributed by atoms with Gasteiger partial charge in [-0.25, -0.2) is 0 Å². The summed E-state index contributed by atoms with van der Waals surface area (Å²) < 4.78 is 0.817. The van der Waals surface area contributed by atoms with Gasteiger partial charge in [0.2, 0.25) is 5.91 Å². The zero-order chi connectivity index (χ0) is 12.1. The maximum absolute atomic E-state index is 11.9. The first kappa shape index (κ1) is 13.5. The van der Waals surface area contributed by atoms with E-state index in [0.29, 0.717) is 11.4 Å². The zero-order valence-corrected chi connectivity index (χ0v) is 11.8. The van der Waals surface area contributed by atoms with Gasteiger partial charge in [-0.05, 0) is 41.4 Å². The summed E-state index contributed by atoms with van der Waals surface area (Å²) in [4.78, 5) is 13.7. The molecular formula is C12H15BrClNO. The second-order valence-corrected chi connectivity index (χ2v) is 4.66. The maximum Gasteiger partial charge on any atom is 0.227 e. The molecule has 0 aromatic heterocycles. The third kappa shape index (κ3) is 3.22. The number of carbonyl (C=O) groups excluding carboxylic acids is 1. The highest BCUT2D eigenvalue weighted by Gasteiger charge is 2.13. The van der Waals surface area contributed by atoms with Gasteiger partial charge in [0.25, 0.3) is 0 Å². The lowest BCUT2D eigenvalue weighted by Gasteiger charge is -2.19. The molecule has 1 aromatic rings. The van der Waals surface area contributed by atoms with Gasteiger partial charge >= 0.3 is 0 Å². The Hall–Kier alpha value is -0.540. The van der Waals surface area contributed by atoms with Gasteiger partial charge in [0, 0.05) is 17.6 Å². The normalized spacial score (nSPS) is 10.2. The van der Waals surface area contributed by atoms with Crippen molar-refractivity contribution in [1.82, 2.24) is 4.90 Å². The first-order valence-corrected chi connectivity index (χ1v) is 6.47. The standard InChI is InChI=1S/C12H15BrClNO/c1-3-15(4-2)11(16)8-9-6-5-7-10(14)12(9)13/h5-7H,3-4,8H2,1-2H3. The van der Waals surface area contributed by atoms with E-state index in [9.17, 15) is 4.79 Å². The number of halogens is 2. The van der Waals surface area contributed by atoms with Gasteiger partial charge in [-0.1, -0.05) is 23.7 Å². The Labute approximate surface area is 110 Å². The summed E-state index contributed by atoms with van der Waals surface area (Å²) in [5.41, 5.74) is 0.935. The highest BCUT2D eigenvalue weighted by Crippen LogP contribution is 2.26. The molecule has 0 aliphatic carbocycles. The number of hydrogen-bond acceptors (Lipinski definition) is 1. The molecule has 0 aliphatic heterocycles. The summed E-state index contributed by atoms with van der Waals surface area (Å²) in [5.74, 6) is 0.132. The van der Waals surface area contributed by atoms with Crippen molar-refractivity contribution >= 4 is 33.4 Å². The highest BCUT2D eigenvalue weighted by molar-refractivity contribution is 9.10. The van der Waals surface area contributed by atoms with Gasteiger partial charge in [-0.3, -0.25) is 4.79 Å². The van der Waals surface area contributed by atoms with Crippen molar-refractivity contribution < 1.29 is 4.79 Å². The van der Waals surface area contributed by atoms with Crippen LogP contribution in [0.25, 0.3) is 0 Å². The van der Waals surface area contributed by atoms with E-state index in [1.807, 2.05) is 30.9 Å². The van der Waals surface area contributed by atoms with E-state index in [4.69, 9.17) is 11.6 Å². The van der Waals surface area contributed by atoms with Crippen molar-refractivity contribution in [1.29, 1.82) is 0 Å². The van der Waals surface area contributed by atoms with Gasteiger partial charge in [0.05, 0.1) is 11.4 Å². The van der Waals surface area contributed by atoms with Crippen LogP contribution in [0.5, 0.6) is 0 Å². The molecule has 0 atom stereocenters. The minimum Gasteiger partial charge on any atom is -0.343 e. The third-order valence-electron chi connectivity index (χ3n) is 2.49. The lowest BCUT2D eigenvalue weighted by molar-refractivity contribution is -0.130. The fraction of sp³-hybridized carbons (Fsp3) is 0.417. The molecule has 0 N–H and O–H groups in total. The van der Waals surface area contributed by atoms with Crippen LogP contribution in [0.2, 0.25) is 5.02 Å². The minimum absolute atomic E-state index is 0.132. The van der Waals surface area contributed by atoms with E-state index in [-0.39, 0.29) is 5.91 Å². The van der Waals surface area contributed by atoms with Gasteiger partial charge < -0.3 is 4.90 Å². The number of carbonyl (C=O) groups is 1. The molecule has 88 valence electrons. The molecule has 16 heavy (non-hydrogen) atoms. The summed E-state index contributed by atoms with van der Waals surface area (Å²) in [7, 11) is 0. The number of likely N-dealkylation sites (N-methyl/N-ethyl adjacent to an activating group) is 1. The monoisotopic (exact) mass is 303 g/mol. The molecule has 1 aromatic carbocycles. The lowest BCUT2D eigenvalue weighted by atomic mass is 10.1. The predicted molar refractivity (Wildman–Crippen MR) is 70.8 cm³/mol. The van der Waals surface area contributed by atoms with Crippen LogP contribution in [0, 0.1) is 0 Å². The summed E-state index contributed by atoms with van der Waals surface area (Å²) in [6, 6.07) is 5.58. The molecule has 0 heterocycles. The van der Waals surface area contributed by atoms with E-state index >= 15 is 0 Å². The van der Waals surface area contributed by atoms with E-state index in [0.717, 1.165) is 23.1 Å². The molecule has 2 nitrogen and oxygen atoms in total. The van der Waals surface area contributed by atoms with Gasteiger partial charge in [-0.2, -0.15) is 0 Å². The van der Waals surface area contributed by atoms with Crippen LogP contribution in [0.15, 0.2) is 22.7 Å². The fourth-order valence-corrected chi connectivity index (χ4v) is 2.13. The average Bonchev–Trinajstić information content (AvgIpc) is 2.26. The topological polar surface area (TPSA) is 20.3 Å². The molecule has 0 bridgehead atoms. The van der Waals surface area contributed by atoms with E-state index in [1.165, 1.54) is 0 Å². The highest BCUT2D eigenvalue weighted by atomic mass is 79.9. The Morgan fingerprint density at radius 1 is 1.38 bits per heavy atom. The molecule has 4 heteroatoms. The van der Waals surface area contributed by atoms with E-state index in [1.54, 1.807) is 6.07 Å². The molecule has 1 rings (SSSR count). The van der Waals surface area contributed by atoms with Gasteiger partial charge in [0.15, 0.2) is 0 Å². The van der Waals surface area contributed by atoms with E-state index in [2.05, 4.69) is 15.9 Å². The van der Waals surface area contributed by atoms with Gasteiger partial charge in [0.1, 0.15) is 0 Å². The Morgan fingerprint density at radius 3 is 2.56 bits per heavy atom. The van der Waals surface area contributed by atoms with Crippen LogP contribution in [-0.4, -0.2) is 23.9 Å². The summed E-state index contributed by atoms with van der Waals surface area (Å²) in [6.07, 6.45) is 0.392. The Morgan fingerprint density at radius 2 is 2.00 bits per heavy atom. The van der Waals surface area contributed by atoms with Crippen LogP contribution in [0.4, 0.5) is 0 Å². The second-order valence-electron chi connectivity index (χ2n) is 3.46. The molecule has 0 aliphatic rings. The van der Waals surface area contributed by atoms with Crippen LogP contribution >= 0.6 is 27.5 Å². The van der Waals surface area contributed by atoms with Crippen molar-refractivity contribution in [3.05, 3.63) is 33.3 Å². The summed E-state index contributed by atoms with van der Waals surface area (Å²) in [6.45, 7) is 5.45. The van der Waals surface area contributed by atoms with Gasteiger partial charge in [-0.15, -0.1) is 0 Å². The Kier molecular flexibility index (Phi) is 5.29. The van der Waals surface area contributed by atoms with E-state index < -0.39 is 0 Å². The number of amides is 1. The largest absolute Gasteiger partial charge is 0.343 e. The fourth-order valence-electron chi connectivity index (χ4n) is 1.54. The summed E-state index contributed by atoms with van der Waals surface area (Å²) >= 11 is 9.37. The molecule has 0 spiro atoms. The second kappa shape index (κ2) is 6.26.